The van der Waals surface area contributed by atoms with E-state index in [2.05, 4.69) is 31.2 Å². The van der Waals surface area contributed by atoms with Crippen molar-refractivity contribution in [2.24, 2.45) is 0 Å². The second kappa shape index (κ2) is 18.9. The molecule has 2 rings (SSSR count). The number of benzene rings is 2. The second-order valence-electron chi connectivity index (χ2n) is 10.3. The molecule has 1 N–H and O–H groups in total. The highest BCUT2D eigenvalue weighted by Crippen LogP contribution is 2.24. The normalized spacial score (nSPS) is 11.4. The summed E-state index contributed by atoms with van der Waals surface area (Å²) < 4.78 is 0. The first-order valence-electron chi connectivity index (χ1n) is 14.5. The van der Waals surface area contributed by atoms with Crippen molar-refractivity contribution in [1.29, 1.82) is 0 Å². The summed E-state index contributed by atoms with van der Waals surface area (Å²) in [7, 11) is 0. The van der Waals surface area contributed by atoms with Gasteiger partial charge in [0.25, 0.3) is 0 Å². The van der Waals surface area contributed by atoms with E-state index in [9.17, 15) is 5.11 Å². The van der Waals surface area contributed by atoms with Crippen molar-refractivity contribution in [1.82, 2.24) is 0 Å². The maximum Gasteiger partial charge on any atom is 0.116 e. The fourth-order valence-electron chi connectivity index (χ4n) is 5.13. The van der Waals surface area contributed by atoms with Crippen LogP contribution in [0.15, 0.2) is 36.4 Å². The van der Waals surface area contributed by atoms with Gasteiger partial charge in [0.2, 0.25) is 0 Å². The largest absolute Gasteiger partial charge is 0.508 e. The average Bonchev–Trinajstić information content (AvgIpc) is 2.82. The van der Waals surface area contributed by atoms with E-state index in [4.69, 9.17) is 0 Å². The minimum atomic E-state index is 0.360. The third kappa shape index (κ3) is 13.1. The molecule has 0 aliphatic heterocycles. The molecule has 0 aliphatic rings. The lowest BCUT2D eigenvalue weighted by Crippen LogP contribution is -1.89. The lowest BCUT2D eigenvalue weighted by Gasteiger charge is -2.07. The van der Waals surface area contributed by atoms with Crippen LogP contribution < -0.4 is 0 Å². The number of aryl methyl sites for hydroxylation is 1. The predicted octanol–water partition coefficient (Wildman–Crippen LogP) is 10.9. The van der Waals surface area contributed by atoms with Crippen LogP contribution in [0.4, 0.5) is 0 Å². The van der Waals surface area contributed by atoms with E-state index in [-0.39, 0.29) is 0 Å². The molecule has 0 spiro atoms. The van der Waals surface area contributed by atoms with Crippen molar-refractivity contribution < 1.29 is 5.11 Å². The van der Waals surface area contributed by atoms with Gasteiger partial charge in [-0.25, -0.2) is 0 Å². The number of phenolic OH excluding ortho intramolecular Hbond substituents is 1. The average molecular weight is 453 g/mol. The van der Waals surface area contributed by atoms with Gasteiger partial charge in [-0.05, 0) is 41.3 Å². The summed E-state index contributed by atoms with van der Waals surface area (Å²) in [5, 5.41) is 12.1. The van der Waals surface area contributed by atoms with Crippen LogP contribution in [0.1, 0.15) is 141 Å². The second-order valence-corrected chi connectivity index (χ2v) is 10.3. The van der Waals surface area contributed by atoms with E-state index in [1.807, 2.05) is 12.1 Å². The van der Waals surface area contributed by atoms with Crippen molar-refractivity contribution in [2.45, 2.75) is 142 Å². The Kier molecular flexibility index (Phi) is 15.9. The van der Waals surface area contributed by atoms with Gasteiger partial charge in [0.1, 0.15) is 5.75 Å². The van der Waals surface area contributed by atoms with E-state index in [1.165, 1.54) is 139 Å². The number of aromatic hydroxyl groups is 1. The molecule has 0 bridgehead atoms. The Morgan fingerprint density at radius 2 is 0.970 bits per heavy atom. The summed E-state index contributed by atoms with van der Waals surface area (Å²) >= 11 is 0. The van der Waals surface area contributed by atoms with Gasteiger partial charge in [-0.2, -0.15) is 0 Å². The third-order valence-corrected chi connectivity index (χ3v) is 7.25. The molecular formula is C32H52O. The van der Waals surface area contributed by atoms with Gasteiger partial charge in [0, 0.05) is 0 Å². The Labute approximate surface area is 205 Å². The number of hydrogen-bond donors (Lipinski definition) is 1. The third-order valence-electron chi connectivity index (χ3n) is 7.25. The van der Waals surface area contributed by atoms with Crippen molar-refractivity contribution in [2.75, 3.05) is 0 Å². The van der Waals surface area contributed by atoms with Gasteiger partial charge >= 0.3 is 0 Å². The van der Waals surface area contributed by atoms with Crippen LogP contribution in [0.5, 0.6) is 5.75 Å². The Balaban J connectivity index is 1.32. The van der Waals surface area contributed by atoms with E-state index in [1.54, 1.807) is 0 Å². The summed E-state index contributed by atoms with van der Waals surface area (Å²) in [6.45, 7) is 2.30. The molecule has 1 heteroatoms. The molecule has 186 valence electrons. The maximum absolute atomic E-state index is 9.67. The minimum Gasteiger partial charge on any atom is -0.508 e. The molecule has 0 saturated heterocycles. The first kappa shape index (κ1) is 27.7. The molecular weight excluding hydrogens is 400 g/mol. The summed E-state index contributed by atoms with van der Waals surface area (Å²) in [5.41, 5.74) is 1.43. The Morgan fingerprint density at radius 1 is 0.515 bits per heavy atom. The van der Waals surface area contributed by atoms with E-state index >= 15 is 0 Å². The minimum absolute atomic E-state index is 0.360. The highest BCUT2D eigenvalue weighted by atomic mass is 16.3. The zero-order valence-electron chi connectivity index (χ0n) is 21.8. The highest BCUT2D eigenvalue weighted by Gasteiger charge is 2.02. The fourth-order valence-corrected chi connectivity index (χ4v) is 5.13. The molecule has 2 aromatic rings. The molecule has 0 aliphatic carbocycles. The van der Waals surface area contributed by atoms with Crippen LogP contribution in [0, 0.1) is 0 Å². The predicted molar refractivity (Wildman–Crippen MR) is 147 cm³/mol. The van der Waals surface area contributed by atoms with Gasteiger partial charge in [0.15, 0.2) is 0 Å². The first-order chi connectivity index (χ1) is 16.3. The molecule has 1 nitrogen and oxygen atoms in total. The quantitative estimate of drug-likeness (QED) is 0.187. The van der Waals surface area contributed by atoms with Gasteiger partial charge in [-0.15, -0.1) is 0 Å². The molecule has 0 fully saturated rings. The summed E-state index contributed by atoms with van der Waals surface area (Å²) in [5.74, 6) is 0.360. The molecule has 0 heterocycles. The van der Waals surface area contributed by atoms with E-state index in [0.29, 0.717) is 5.75 Å². The number of unbranched alkanes of at least 4 members (excludes halogenated alkanes) is 19. The van der Waals surface area contributed by atoms with Crippen molar-refractivity contribution in [3.8, 4) is 5.75 Å². The maximum atomic E-state index is 9.67. The van der Waals surface area contributed by atoms with E-state index in [0.717, 1.165) is 11.8 Å². The highest BCUT2D eigenvalue weighted by molar-refractivity contribution is 5.86. The number of phenols is 1. The summed E-state index contributed by atoms with van der Waals surface area (Å²) in [6.07, 6.45) is 29.8. The van der Waals surface area contributed by atoms with E-state index < -0.39 is 0 Å². The van der Waals surface area contributed by atoms with Gasteiger partial charge in [-0.1, -0.05) is 153 Å². The lowest BCUT2D eigenvalue weighted by atomic mass is 9.98. The molecule has 0 radical (unpaired) electrons. The zero-order chi connectivity index (χ0) is 23.4. The molecule has 0 amide bonds. The van der Waals surface area contributed by atoms with Crippen molar-refractivity contribution in [3.05, 3.63) is 42.0 Å². The number of rotatable bonds is 21. The van der Waals surface area contributed by atoms with Crippen LogP contribution in [0.3, 0.4) is 0 Å². The van der Waals surface area contributed by atoms with Gasteiger partial charge in [-0.3, -0.25) is 0 Å². The zero-order valence-corrected chi connectivity index (χ0v) is 21.8. The Bertz CT molecular complexity index is 720. The monoisotopic (exact) mass is 452 g/mol. The topological polar surface area (TPSA) is 20.2 Å². The molecule has 0 unspecified atom stereocenters. The summed E-state index contributed by atoms with van der Waals surface area (Å²) in [6, 6.07) is 12.2. The molecule has 33 heavy (non-hydrogen) atoms. The molecule has 0 atom stereocenters. The number of hydrogen-bond acceptors (Lipinski definition) is 1. The first-order valence-corrected chi connectivity index (χ1v) is 14.5. The van der Waals surface area contributed by atoms with Crippen molar-refractivity contribution >= 4 is 10.8 Å². The van der Waals surface area contributed by atoms with Crippen molar-refractivity contribution in [3.63, 3.8) is 0 Å². The number of fused-ring (bicyclic) bond motifs is 1. The van der Waals surface area contributed by atoms with Crippen LogP contribution in [-0.4, -0.2) is 5.11 Å². The summed E-state index contributed by atoms with van der Waals surface area (Å²) in [4.78, 5) is 0. The molecule has 0 aromatic heterocycles. The lowest BCUT2D eigenvalue weighted by molar-refractivity contribution is 0.476. The van der Waals surface area contributed by atoms with Crippen LogP contribution in [0.25, 0.3) is 10.8 Å². The smallest absolute Gasteiger partial charge is 0.116 e. The molecule has 0 saturated carbocycles. The Morgan fingerprint density at radius 3 is 1.45 bits per heavy atom. The van der Waals surface area contributed by atoms with Crippen LogP contribution >= 0.6 is 0 Å². The van der Waals surface area contributed by atoms with Crippen LogP contribution in [0.2, 0.25) is 0 Å². The SMILES string of the molecule is CCCCCCCCCCCCCCCCCCCCCCc1cccc2cc(O)ccc12. The fraction of sp³-hybridized carbons (Fsp3) is 0.688. The van der Waals surface area contributed by atoms with Crippen LogP contribution in [-0.2, 0) is 6.42 Å². The standard InChI is InChI=1S/C32H52O/c1-2-3-4-5-6-7-8-9-10-11-12-13-14-15-16-17-18-19-20-21-23-29-24-22-25-30-28-31(33)26-27-32(29)30/h22,24-28,33H,2-21,23H2,1H3. The van der Waals surface area contributed by atoms with Gasteiger partial charge < -0.3 is 5.11 Å². The Hall–Kier alpha value is -1.50. The van der Waals surface area contributed by atoms with Gasteiger partial charge in [0.05, 0.1) is 0 Å². The molecule has 2 aromatic carbocycles.